The Labute approximate surface area is 118 Å². The summed E-state index contributed by atoms with van der Waals surface area (Å²) < 4.78 is 29.7. The van der Waals surface area contributed by atoms with Gasteiger partial charge in [0.25, 0.3) is 10.2 Å². The van der Waals surface area contributed by atoms with Gasteiger partial charge in [-0.15, -0.1) is 0 Å². The highest BCUT2D eigenvalue weighted by molar-refractivity contribution is 7.86. The molecule has 3 rings (SSSR count). The molecule has 20 heavy (non-hydrogen) atoms. The topological polar surface area (TPSA) is 82.2 Å². The largest absolute Gasteiger partial charge is 0.282 e. The molecule has 0 aromatic carbocycles. The molecule has 1 unspecified atom stereocenters. The number of nitriles is 1. The molecule has 1 atom stereocenters. The third kappa shape index (κ3) is 2.32. The fraction of sp³-hybridized carbons (Fsp3) is 0.667. The van der Waals surface area contributed by atoms with Gasteiger partial charge in [-0.2, -0.15) is 27.4 Å². The lowest BCUT2D eigenvalue weighted by Crippen LogP contribution is -2.41. The summed E-state index contributed by atoms with van der Waals surface area (Å²) in [5, 5.41) is 12.9. The van der Waals surface area contributed by atoms with Crippen molar-refractivity contribution in [1.82, 2.24) is 18.4 Å². The van der Waals surface area contributed by atoms with Crippen LogP contribution in [-0.2, 0) is 10.2 Å². The van der Waals surface area contributed by atoms with E-state index < -0.39 is 10.2 Å². The van der Waals surface area contributed by atoms with E-state index in [0.29, 0.717) is 31.7 Å². The van der Waals surface area contributed by atoms with Crippen molar-refractivity contribution >= 4 is 10.2 Å². The predicted molar refractivity (Wildman–Crippen MR) is 71.9 cm³/mol. The van der Waals surface area contributed by atoms with Crippen LogP contribution < -0.4 is 0 Å². The smallest absolute Gasteiger partial charge is 0.267 e. The van der Waals surface area contributed by atoms with E-state index in [0.717, 1.165) is 19.3 Å². The van der Waals surface area contributed by atoms with Crippen LogP contribution in [0.3, 0.4) is 0 Å². The molecule has 0 N–H and O–H groups in total. The van der Waals surface area contributed by atoms with Gasteiger partial charge in [0.2, 0.25) is 0 Å². The molecule has 1 aromatic rings. The maximum absolute atomic E-state index is 12.4. The molecular weight excluding hydrogens is 278 g/mol. The first-order chi connectivity index (χ1) is 9.61. The summed E-state index contributed by atoms with van der Waals surface area (Å²) in [6.07, 6.45) is 5.82. The monoisotopic (exact) mass is 295 g/mol. The minimum Gasteiger partial charge on any atom is -0.267 e. The quantitative estimate of drug-likeness (QED) is 0.805. The minimum atomic E-state index is -3.32. The third-order valence-corrected chi connectivity index (χ3v) is 5.95. The molecule has 1 aromatic heterocycles. The fourth-order valence-electron chi connectivity index (χ4n) is 2.81. The molecule has 0 aliphatic carbocycles. The van der Waals surface area contributed by atoms with Gasteiger partial charge >= 0.3 is 0 Å². The molecule has 108 valence electrons. The van der Waals surface area contributed by atoms with Crippen LogP contribution in [0.2, 0.25) is 0 Å². The molecule has 2 aliphatic rings. The Bertz CT molecular complexity index is 627. The van der Waals surface area contributed by atoms with Gasteiger partial charge in [0.15, 0.2) is 0 Å². The lowest BCUT2D eigenvalue weighted by Gasteiger charge is -2.23. The zero-order valence-electron chi connectivity index (χ0n) is 11.1. The Morgan fingerprint density at radius 1 is 1.25 bits per heavy atom. The van der Waals surface area contributed by atoms with Gasteiger partial charge in [-0.25, -0.2) is 0 Å². The molecule has 8 heteroatoms. The molecule has 2 saturated heterocycles. The van der Waals surface area contributed by atoms with Crippen molar-refractivity contribution in [2.24, 2.45) is 0 Å². The SMILES string of the molecule is N#Cc1cnn(C2CCN(S(=O)(=O)N3CCCC3)C2)c1. The van der Waals surface area contributed by atoms with Crippen molar-refractivity contribution in [3.8, 4) is 6.07 Å². The average Bonchev–Trinajstić information content (AvgIpc) is 3.18. The molecule has 0 spiro atoms. The minimum absolute atomic E-state index is 0.0227. The van der Waals surface area contributed by atoms with Crippen LogP contribution >= 0.6 is 0 Å². The van der Waals surface area contributed by atoms with E-state index in [4.69, 9.17) is 5.26 Å². The Morgan fingerprint density at radius 3 is 2.65 bits per heavy atom. The fourth-order valence-corrected chi connectivity index (χ4v) is 4.56. The lowest BCUT2D eigenvalue weighted by molar-refractivity contribution is 0.383. The molecule has 0 saturated carbocycles. The van der Waals surface area contributed by atoms with Crippen LogP contribution in [0.4, 0.5) is 0 Å². The number of rotatable bonds is 3. The van der Waals surface area contributed by atoms with E-state index in [2.05, 4.69) is 5.10 Å². The van der Waals surface area contributed by atoms with Gasteiger partial charge in [-0.3, -0.25) is 4.68 Å². The van der Waals surface area contributed by atoms with Crippen molar-refractivity contribution in [3.63, 3.8) is 0 Å². The summed E-state index contributed by atoms with van der Waals surface area (Å²) in [7, 11) is -3.32. The second-order valence-electron chi connectivity index (χ2n) is 5.24. The van der Waals surface area contributed by atoms with Crippen LogP contribution in [0.5, 0.6) is 0 Å². The summed E-state index contributed by atoms with van der Waals surface area (Å²) in [5.74, 6) is 0. The van der Waals surface area contributed by atoms with E-state index in [1.165, 1.54) is 10.5 Å². The Morgan fingerprint density at radius 2 is 2.00 bits per heavy atom. The molecule has 0 bridgehead atoms. The zero-order valence-corrected chi connectivity index (χ0v) is 12.0. The van der Waals surface area contributed by atoms with E-state index in [1.807, 2.05) is 6.07 Å². The number of hydrogen-bond acceptors (Lipinski definition) is 4. The first-order valence-electron chi connectivity index (χ1n) is 6.81. The predicted octanol–water partition coefficient (Wildman–Crippen LogP) is 0.342. The van der Waals surface area contributed by atoms with Crippen LogP contribution in [0.25, 0.3) is 0 Å². The van der Waals surface area contributed by atoms with Crippen LogP contribution in [0.15, 0.2) is 12.4 Å². The van der Waals surface area contributed by atoms with Gasteiger partial charge in [0.05, 0.1) is 17.8 Å². The van der Waals surface area contributed by atoms with Crippen molar-refractivity contribution in [2.75, 3.05) is 26.2 Å². The van der Waals surface area contributed by atoms with Crippen LogP contribution in [-0.4, -0.2) is 53.0 Å². The van der Waals surface area contributed by atoms with Crippen LogP contribution in [0, 0.1) is 11.3 Å². The Balaban J connectivity index is 1.71. The number of nitrogens with zero attached hydrogens (tertiary/aromatic N) is 5. The van der Waals surface area contributed by atoms with E-state index >= 15 is 0 Å². The van der Waals surface area contributed by atoms with Gasteiger partial charge in [-0.1, -0.05) is 0 Å². The Kier molecular flexibility index (Phi) is 3.50. The summed E-state index contributed by atoms with van der Waals surface area (Å²) in [5.41, 5.74) is 0.505. The normalized spacial score (nSPS) is 25.1. The number of hydrogen-bond donors (Lipinski definition) is 0. The van der Waals surface area contributed by atoms with E-state index in [9.17, 15) is 8.42 Å². The molecule has 3 heterocycles. The van der Waals surface area contributed by atoms with Crippen molar-refractivity contribution in [1.29, 1.82) is 5.26 Å². The maximum Gasteiger partial charge on any atom is 0.282 e. The first kappa shape index (κ1) is 13.5. The first-order valence-corrected chi connectivity index (χ1v) is 8.20. The van der Waals surface area contributed by atoms with Crippen molar-refractivity contribution in [2.45, 2.75) is 25.3 Å². The summed E-state index contributed by atoms with van der Waals surface area (Å²) in [6.45, 7) is 2.21. The van der Waals surface area contributed by atoms with E-state index in [1.54, 1.807) is 15.2 Å². The molecule has 2 aliphatic heterocycles. The average molecular weight is 295 g/mol. The van der Waals surface area contributed by atoms with Gasteiger partial charge in [0, 0.05) is 32.4 Å². The van der Waals surface area contributed by atoms with Gasteiger partial charge in [0.1, 0.15) is 6.07 Å². The van der Waals surface area contributed by atoms with Crippen molar-refractivity contribution in [3.05, 3.63) is 18.0 Å². The summed E-state index contributed by atoms with van der Waals surface area (Å²) >= 11 is 0. The maximum atomic E-state index is 12.4. The molecular formula is C12H17N5O2S. The van der Waals surface area contributed by atoms with Gasteiger partial charge in [-0.05, 0) is 19.3 Å². The summed E-state index contributed by atoms with van der Waals surface area (Å²) in [4.78, 5) is 0. The lowest BCUT2D eigenvalue weighted by atomic mass is 10.3. The molecule has 2 fully saturated rings. The number of aromatic nitrogens is 2. The second kappa shape index (κ2) is 5.16. The van der Waals surface area contributed by atoms with E-state index in [-0.39, 0.29) is 6.04 Å². The van der Waals surface area contributed by atoms with Gasteiger partial charge < -0.3 is 0 Å². The van der Waals surface area contributed by atoms with Crippen LogP contribution in [0.1, 0.15) is 30.9 Å². The third-order valence-electron chi connectivity index (χ3n) is 3.95. The highest BCUT2D eigenvalue weighted by atomic mass is 32.2. The second-order valence-corrected chi connectivity index (χ2v) is 7.16. The summed E-state index contributed by atoms with van der Waals surface area (Å²) in [6, 6.07) is 2.06. The Hall–Kier alpha value is -1.43. The molecule has 0 radical (unpaired) electrons. The molecule has 7 nitrogen and oxygen atoms in total. The molecule has 0 amide bonds. The standard InChI is InChI=1S/C12H17N5O2S/c13-7-11-8-14-17(9-11)12-3-6-16(10-12)20(18,19)15-4-1-2-5-15/h8-9,12H,1-6,10H2. The highest BCUT2D eigenvalue weighted by Crippen LogP contribution is 2.26. The zero-order chi connectivity index (χ0) is 14.2. The van der Waals surface area contributed by atoms with Crippen molar-refractivity contribution < 1.29 is 8.42 Å². The highest BCUT2D eigenvalue weighted by Gasteiger charge is 2.37.